The average Bonchev–Trinajstić information content (AvgIpc) is 4.15. The van der Waals surface area contributed by atoms with Gasteiger partial charge in [0.1, 0.15) is 0 Å². The predicted molar refractivity (Wildman–Crippen MR) is 260 cm³/mol. The fraction of sp³-hybridized carbons (Fsp3) is 0.407. The van der Waals surface area contributed by atoms with Crippen LogP contribution in [0.15, 0.2) is 84.9 Å². The number of hydrogen-bond acceptors (Lipinski definition) is 10. The van der Waals surface area contributed by atoms with E-state index in [0.717, 1.165) is 33.2 Å². The molecule has 0 radical (unpaired) electrons. The predicted octanol–water partition coefficient (Wildman–Crippen LogP) is 9.97. The first kappa shape index (κ1) is 50.6. The molecule has 4 aromatic carbocycles. The Morgan fingerprint density at radius 3 is 1.38 bits per heavy atom. The van der Waals surface area contributed by atoms with Crippen LogP contribution in [0.5, 0.6) is 23.0 Å². The molecule has 19 heteroatoms. The molecule has 2 aromatic heterocycles. The molecule has 4 heterocycles. The molecule has 2 aliphatic carbocycles. The lowest BCUT2D eigenvalue weighted by atomic mass is 9.92. The molecular weight excluding hydrogens is 955 g/mol. The summed E-state index contributed by atoms with van der Waals surface area (Å²) in [6, 6.07) is 25.9. The van der Waals surface area contributed by atoms with Gasteiger partial charge in [-0.3, -0.25) is 14.4 Å². The van der Waals surface area contributed by atoms with E-state index in [0.29, 0.717) is 54.7 Å². The summed E-state index contributed by atoms with van der Waals surface area (Å²) in [5.74, 6) is -1.82. The quantitative estimate of drug-likeness (QED) is 0.0688. The summed E-state index contributed by atoms with van der Waals surface area (Å²) in [6.45, 7) is 12.7. The summed E-state index contributed by atoms with van der Waals surface area (Å²) < 4.78 is 75.6. The number of carboxylic acids is 1. The summed E-state index contributed by atoms with van der Waals surface area (Å²) in [5.41, 5.74) is 3.87. The van der Waals surface area contributed by atoms with E-state index < -0.39 is 41.6 Å². The number of aliphatic hydroxyl groups is 2. The zero-order valence-corrected chi connectivity index (χ0v) is 40.9. The van der Waals surface area contributed by atoms with E-state index in [1.807, 2.05) is 72.4 Å². The number of anilines is 2. The van der Waals surface area contributed by atoms with E-state index in [-0.39, 0.29) is 65.0 Å². The molecule has 384 valence electrons. The molecule has 5 N–H and O–H groups in total. The normalized spacial score (nSPS) is 18.0. The van der Waals surface area contributed by atoms with Crippen LogP contribution in [0.2, 0.25) is 0 Å². The van der Waals surface area contributed by atoms with E-state index in [1.165, 1.54) is 24.3 Å². The first-order chi connectivity index (χ1) is 34.2. The Morgan fingerprint density at radius 1 is 0.616 bits per heavy atom. The van der Waals surface area contributed by atoms with Crippen LogP contribution in [-0.2, 0) is 49.1 Å². The lowest BCUT2D eigenvalue weighted by Crippen LogP contribution is -2.28. The minimum Gasteiger partial charge on any atom is -0.481 e. The Kier molecular flexibility index (Phi) is 12.5. The van der Waals surface area contributed by atoms with Crippen molar-refractivity contribution in [3.63, 3.8) is 0 Å². The number of alkyl halides is 4. The first-order valence-corrected chi connectivity index (χ1v) is 23.9. The van der Waals surface area contributed by atoms with Gasteiger partial charge in [-0.05, 0) is 110 Å². The molecular formula is C54H55F4N5O10. The largest absolute Gasteiger partial charge is 0.586 e. The Hall–Kier alpha value is -7.30. The SMILES string of the molecule is CC(C)(C)c1cc2cc(NC(=O)C3(c4ccc5c(c4)OC(F)(F)O5)CC3)ccc2n1CC(O)CC#N.CC(C)(C)c1cc2cc(NC(=O)C3(c4ccc5c(c4)OC(F)(F)O5)CC3)ccc2n1CC(O)CC(=O)O. The Bertz CT molecular complexity index is 3230. The topological polar surface area (TPSA) is 207 Å². The van der Waals surface area contributed by atoms with Crippen LogP contribution >= 0.6 is 0 Å². The Morgan fingerprint density at radius 2 is 1.01 bits per heavy atom. The van der Waals surface area contributed by atoms with E-state index >= 15 is 0 Å². The van der Waals surface area contributed by atoms with Crippen LogP contribution in [0.25, 0.3) is 21.8 Å². The average molecular weight is 1010 g/mol. The number of nitrogens with zero attached hydrogens (tertiary/aromatic N) is 3. The second-order valence-corrected chi connectivity index (χ2v) is 21.3. The van der Waals surface area contributed by atoms with Crippen LogP contribution < -0.4 is 29.6 Å². The summed E-state index contributed by atoms with van der Waals surface area (Å²) in [6.07, 6.45) is -7.26. The van der Waals surface area contributed by atoms with Crippen LogP contribution in [0.4, 0.5) is 28.9 Å². The molecule has 10 rings (SSSR count). The number of nitriles is 1. The Labute approximate surface area is 417 Å². The molecule has 73 heavy (non-hydrogen) atoms. The highest BCUT2D eigenvalue weighted by Gasteiger charge is 2.54. The van der Waals surface area contributed by atoms with Gasteiger partial charge in [-0.2, -0.15) is 5.26 Å². The van der Waals surface area contributed by atoms with Crippen molar-refractivity contribution in [2.45, 2.75) is 140 Å². The highest BCUT2D eigenvalue weighted by Crippen LogP contribution is 2.54. The highest BCUT2D eigenvalue weighted by atomic mass is 19.3. The minimum atomic E-state index is -3.72. The molecule has 2 unspecified atom stereocenters. The number of hydrogen-bond donors (Lipinski definition) is 5. The third-order valence-electron chi connectivity index (χ3n) is 13.7. The molecule has 0 spiro atoms. The first-order valence-electron chi connectivity index (χ1n) is 23.9. The smallest absolute Gasteiger partial charge is 0.481 e. The molecule has 2 aliphatic heterocycles. The fourth-order valence-corrected chi connectivity index (χ4v) is 9.73. The van der Waals surface area contributed by atoms with E-state index in [2.05, 4.69) is 50.4 Å². The number of aliphatic hydroxyl groups excluding tert-OH is 2. The third-order valence-corrected chi connectivity index (χ3v) is 13.7. The molecule has 2 atom stereocenters. The number of benzene rings is 4. The van der Waals surface area contributed by atoms with Crippen LogP contribution in [0, 0.1) is 11.3 Å². The fourth-order valence-electron chi connectivity index (χ4n) is 9.73. The number of carbonyl (C=O) groups is 3. The highest BCUT2D eigenvalue weighted by molar-refractivity contribution is 6.04. The molecule has 4 aliphatic rings. The zero-order chi connectivity index (χ0) is 52.6. The number of fused-ring (bicyclic) bond motifs is 4. The van der Waals surface area contributed by atoms with Crippen molar-refractivity contribution in [3.8, 4) is 29.1 Å². The van der Waals surface area contributed by atoms with Gasteiger partial charge in [0.15, 0.2) is 23.0 Å². The van der Waals surface area contributed by atoms with Crippen molar-refractivity contribution < 1.29 is 66.2 Å². The third kappa shape index (κ3) is 10.2. The van der Waals surface area contributed by atoms with E-state index in [1.54, 1.807) is 24.3 Å². The van der Waals surface area contributed by atoms with Crippen molar-refractivity contribution in [2.75, 3.05) is 10.6 Å². The summed E-state index contributed by atoms with van der Waals surface area (Å²) in [4.78, 5) is 37.7. The van der Waals surface area contributed by atoms with Gasteiger partial charge < -0.3 is 54.0 Å². The van der Waals surface area contributed by atoms with Crippen molar-refractivity contribution in [2.24, 2.45) is 0 Å². The van der Waals surface area contributed by atoms with Crippen molar-refractivity contribution >= 4 is 51.0 Å². The van der Waals surface area contributed by atoms with Gasteiger partial charge in [0, 0.05) is 68.5 Å². The van der Waals surface area contributed by atoms with Crippen LogP contribution in [0.3, 0.4) is 0 Å². The number of ether oxygens (including phenoxy) is 4. The summed E-state index contributed by atoms with van der Waals surface area (Å²) in [5, 5.41) is 46.2. The minimum absolute atomic E-state index is 0.0387. The molecule has 0 bridgehead atoms. The maximum absolute atomic E-state index is 13.4. The van der Waals surface area contributed by atoms with Gasteiger partial charge in [0.25, 0.3) is 0 Å². The maximum Gasteiger partial charge on any atom is 0.586 e. The van der Waals surface area contributed by atoms with Gasteiger partial charge in [0.2, 0.25) is 11.8 Å². The zero-order valence-electron chi connectivity index (χ0n) is 40.9. The van der Waals surface area contributed by atoms with E-state index in [4.69, 9.17) is 10.4 Å². The second-order valence-electron chi connectivity index (χ2n) is 21.3. The van der Waals surface area contributed by atoms with Crippen molar-refractivity contribution in [3.05, 3.63) is 107 Å². The number of carboxylic acid groups (broad SMARTS) is 1. The van der Waals surface area contributed by atoms with Crippen molar-refractivity contribution in [1.29, 1.82) is 5.26 Å². The number of rotatable bonds is 13. The summed E-state index contributed by atoms with van der Waals surface area (Å²) >= 11 is 0. The number of aromatic nitrogens is 2. The maximum atomic E-state index is 13.4. The van der Waals surface area contributed by atoms with Gasteiger partial charge in [0.05, 0.1) is 41.9 Å². The monoisotopic (exact) mass is 1010 g/mol. The molecule has 2 saturated carbocycles. The number of nitrogens with one attached hydrogen (secondary N) is 2. The van der Waals surface area contributed by atoms with Gasteiger partial charge in [-0.25, -0.2) is 0 Å². The number of amides is 2. The molecule has 15 nitrogen and oxygen atoms in total. The Balaban J connectivity index is 0.000000180. The molecule has 2 fully saturated rings. The van der Waals surface area contributed by atoms with Gasteiger partial charge in [-0.1, -0.05) is 53.7 Å². The van der Waals surface area contributed by atoms with Crippen LogP contribution in [-0.4, -0.2) is 67.0 Å². The lowest BCUT2D eigenvalue weighted by molar-refractivity contribution is -0.287. The number of aliphatic carboxylic acids is 1. The standard InChI is InChI=1S/C27H27F2N3O4.C27H28F2N2O6/c1-25(2,3)23-13-16-12-18(5-6-20(16)32(23)15-19(33)8-11-30)31-24(34)26(9-10-26)17-4-7-21-22(14-17)36-27(28,29)35-21;1-25(2,3)22-11-15-10-17(5-6-19(15)31(22)14-18(32)13-23(33)34)30-24(35)26(8-9-26)16-4-7-20-21(12-16)37-27(28,29)36-20/h4-7,12-14,19,33H,8-10,15H2,1-3H3,(H,31,34);4-7,10-12,18,32H,8-9,13-14H2,1-3H3,(H,30,35)(H,33,34). The molecule has 2 amide bonds. The molecule has 6 aromatic rings. The lowest BCUT2D eigenvalue weighted by Gasteiger charge is -2.23. The summed E-state index contributed by atoms with van der Waals surface area (Å²) in [7, 11) is 0. The van der Waals surface area contributed by atoms with Gasteiger partial charge >= 0.3 is 18.6 Å². The molecule has 0 saturated heterocycles. The van der Waals surface area contributed by atoms with Gasteiger partial charge in [-0.15, -0.1) is 17.6 Å². The van der Waals surface area contributed by atoms with E-state index in [9.17, 15) is 42.2 Å². The van der Waals surface area contributed by atoms with Crippen LogP contribution in [0.1, 0.15) is 103 Å². The number of carbonyl (C=O) groups excluding carboxylic acids is 2. The number of halogens is 4. The van der Waals surface area contributed by atoms with Crippen molar-refractivity contribution in [1.82, 2.24) is 9.13 Å². The second kappa shape index (κ2) is 18.0.